The van der Waals surface area contributed by atoms with Gasteiger partial charge in [-0.1, -0.05) is 6.92 Å². The van der Waals surface area contributed by atoms with E-state index in [0.29, 0.717) is 17.0 Å². The van der Waals surface area contributed by atoms with Gasteiger partial charge in [0.1, 0.15) is 4.83 Å². The molecule has 3 rings (SSSR count). The summed E-state index contributed by atoms with van der Waals surface area (Å²) in [5.74, 6) is -0.369. The molecule has 4 N–H and O–H groups in total. The van der Waals surface area contributed by atoms with Crippen molar-refractivity contribution in [3.05, 3.63) is 45.4 Å². The van der Waals surface area contributed by atoms with Gasteiger partial charge < -0.3 is 21.3 Å². The number of nitrogens with zero attached hydrogens (tertiary/aromatic N) is 2. The van der Waals surface area contributed by atoms with Gasteiger partial charge in [-0.2, -0.15) is 5.10 Å². The summed E-state index contributed by atoms with van der Waals surface area (Å²) in [6.07, 6.45) is 7.82. The first-order valence-corrected chi connectivity index (χ1v) is 10.2. The molecule has 1 aliphatic heterocycles. The van der Waals surface area contributed by atoms with Crippen LogP contribution in [0.25, 0.3) is 4.83 Å². The van der Waals surface area contributed by atoms with Gasteiger partial charge in [0.05, 0.1) is 40.0 Å². The largest absolute Gasteiger partial charge is 0.381 e. The van der Waals surface area contributed by atoms with Crippen LogP contribution in [0.2, 0.25) is 0 Å². The fourth-order valence-electron chi connectivity index (χ4n) is 2.55. The van der Waals surface area contributed by atoms with Crippen LogP contribution in [0.4, 0.5) is 0 Å². The molecular weight excluding hydrogens is 432 g/mol. The average Bonchev–Trinajstić information content (AvgIpc) is 3.17. The van der Waals surface area contributed by atoms with Crippen molar-refractivity contribution < 1.29 is 9.59 Å². The molecule has 0 aromatic carbocycles. The molecule has 0 saturated heterocycles. The second kappa shape index (κ2) is 8.68. The third-order valence-electron chi connectivity index (χ3n) is 3.93. The van der Waals surface area contributed by atoms with E-state index in [9.17, 15) is 9.59 Å². The molecular formula is C17H21BrN6O2S. The normalized spacial score (nSPS) is 16.5. The van der Waals surface area contributed by atoms with E-state index in [-0.39, 0.29) is 24.4 Å². The highest BCUT2D eigenvalue weighted by Crippen LogP contribution is 2.26. The van der Waals surface area contributed by atoms with E-state index >= 15 is 0 Å². The Labute approximate surface area is 169 Å². The molecule has 1 unspecified atom stereocenters. The number of dihydropyridines is 1. The second-order valence-corrected chi connectivity index (χ2v) is 8.52. The monoisotopic (exact) mass is 452 g/mol. The molecule has 1 atom stereocenters. The number of hydrogen-bond donors (Lipinski definition) is 4. The predicted molar refractivity (Wildman–Crippen MR) is 108 cm³/mol. The van der Waals surface area contributed by atoms with Gasteiger partial charge in [0, 0.05) is 11.9 Å². The Morgan fingerprint density at radius 2 is 2.22 bits per heavy atom. The number of carbonyl (C=O) groups excluding carboxylic acids is 2. The van der Waals surface area contributed by atoms with Crippen LogP contribution >= 0.6 is 27.3 Å². The van der Waals surface area contributed by atoms with Crippen molar-refractivity contribution in [1.82, 2.24) is 30.9 Å². The Bertz CT molecular complexity index is 916. The van der Waals surface area contributed by atoms with Crippen LogP contribution in [0.5, 0.6) is 0 Å². The summed E-state index contributed by atoms with van der Waals surface area (Å²) in [4.78, 5) is 25.4. The SMILES string of the molecule is CCCNCC(=O)NC1=CNC(C)C(NC(=O)c2cnn3cc(Br)sc23)=C1. The van der Waals surface area contributed by atoms with Crippen molar-refractivity contribution in [2.45, 2.75) is 26.3 Å². The number of allylic oxidation sites excluding steroid dienone is 1. The van der Waals surface area contributed by atoms with Crippen LogP contribution in [0, 0.1) is 0 Å². The quantitative estimate of drug-likeness (QED) is 0.479. The summed E-state index contributed by atoms with van der Waals surface area (Å²) in [6, 6.07) is -0.0889. The molecule has 3 heterocycles. The summed E-state index contributed by atoms with van der Waals surface area (Å²) in [5.41, 5.74) is 1.78. The molecule has 10 heteroatoms. The van der Waals surface area contributed by atoms with Crippen LogP contribution in [-0.4, -0.2) is 40.6 Å². The zero-order valence-corrected chi connectivity index (χ0v) is 17.4. The van der Waals surface area contributed by atoms with Crippen molar-refractivity contribution >= 4 is 43.9 Å². The van der Waals surface area contributed by atoms with Crippen LogP contribution in [0.15, 0.2) is 39.9 Å². The molecule has 2 aromatic heterocycles. The van der Waals surface area contributed by atoms with Crippen molar-refractivity contribution in [2.75, 3.05) is 13.1 Å². The fraction of sp³-hybridized carbons (Fsp3) is 0.353. The second-order valence-electron chi connectivity index (χ2n) is 6.11. The van der Waals surface area contributed by atoms with Crippen molar-refractivity contribution in [3.63, 3.8) is 0 Å². The lowest BCUT2D eigenvalue weighted by Gasteiger charge is -2.23. The Balaban J connectivity index is 1.67. The van der Waals surface area contributed by atoms with Gasteiger partial charge in [0.2, 0.25) is 5.91 Å². The van der Waals surface area contributed by atoms with E-state index in [2.05, 4.69) is 42.3 Å². The molecule has 0 bridgehead atoms. The van der Waals surface area contributed by atoms with E-state index in [1.807, 2.05) is 20.0 Å². The van der Waals surface area contributed by atoms with Gasteiger partial charge in [-0.15, -0.1) is 11.3 Å². The highest BCUT2D eigenvalue weighted by Gasteiger charge is 2.20. The van der Waals surface area contributed by atoms with E-state index in [1.165, 1.54) is 11.3 Å². The molecule has 0 aliphatic carbocycles. The topological polar surface area (TPSA) is 99.6 Å². The number of thiazole rings is 1. The average molecular weight is 453 g/mol. The number of halogens is 1. The number of carbonyl (C=O) groups is 2. The maximum atomic E-state index is 12.7. The van der Waals surface area contributed by atoms with Crippen LogP contribution in [0.1, 0.15) is 30.6 Å². The number of fused-ring (bicyclic) bond motifs is 1. The molecule has 1 aliphatic rings. The number of rotatable bonds is 7. The summed E-state index contributed by atoms with van der Waals surface area (Å²) in [5, 5.41) is 16.1. The van der Waals surface area contributed by atoms with Crippen LogP contribution in [-0.2, 0) is 4.79 Å². The van der Waals surface area contributed by atoms with Gasteiger partial charge in [-0.05, 0) is 41.9 Å². The number of hydrogen-bond acceptors (Lipinski definition) is 6. The summed E-state index contributed by atoms with van der Waals surface area (Å²) < 4.78 is 2.56. The van der Waals surface area contributed by atoms with Crippen molar-refractivity contribution in [3.8, 4) is 0 Å². The molecule has 144 valence electrons. The standard InChI is InChI=1S/C17H21BrN6O2S/c1-3-4-19-8-15(25)22-11-5-13(10(2)20-6-11)23-16(26)12-7-21-24-9-14(18)27-17(12)24/h5-7,9-10,19-20H,3-4,8H2,1-2H3,(H,22,25)(H,23,26). The number of aromatic nitrogens is 2. The maximum absolute atomic E-state index is 12.7. The lowest BCUT2D eigenvalue weighted by Crippen LogP contribution is -2.40. The third-order valence-corrected chi connectivity index (χ3v) is 5.52. The maximum Gasteiger partial charge on any atom is 0.260 e. The van der Waals surface area contributed by atoms with Crippen molar-refractivity contribution in [2.24, 2.45) is 0 Å². The highest BCUT2D eigenvalue weighted by molar-refractivity contribution is 9.11. The molecule has 0 saturated carbocycles. The minimum Gasteiger partial charge on any atom is -0.381 e. The Kier molecular flexibility index (Phi) is 6.30. The lowest BCUT2D eigenvalue weighted by molar-refractivity contribution is -0.119. The van der Waals surface area contributed by atoms with E-state index in [0.717, 1.165) is 21.6 Å². The Morgan fingerprint density at radius 3 is 3.00 bits per heavy atom. The third kappa shape index (κ3) is 4.76. The molecule has 0 spiro atoms. The number of amides is 2. The molecule has 2 aromatic rings. The summed E-state index contributed by atoms with van der Waals surface area (Å²) >= 11 is 4.84. The molecule has 0 radical (unpaired) electrons. The first kappa shape index (κ1) is 19.6. The summed E-state index contributed by atoms with van der Waals surface area (Å²) in [7, 11) is 0. The van der Waals surface area contributed by atoms with Gasteiger partial charge in [0.15, 0.2) is 0 Å². The predicted octanol–water partition coefficient (Wildman–Crippen LogP) is 1.72. The first-order valence-electron chi connectivity index (χ1n) is 8.60. The van der Waals surface area contributed by atoms with Gasteiger partial charge in [-0.25, -0.2) is 4.52 Å². The molecule has 0 fully saturated rings. The van der Waals surface area contributed by atoms with E-state index < -0.39 is 0 Å². The number of nitrogens with one attached hydrogen (secondary N) is 4. The Hall–Kier alpha value is -2.17. The zero-order chi connectivity index (χ0) is 19.4. The minimum absolute atomic E-state index is 0.0889. The zero-order valence-electron chi connectivity index (χ0n) is 15.0. The highest BCUT2D eigenvalue weighted by atomic mass is 79.9. The fourth-order valence-corrected chi connectivity index (χ4v) is 3.99. The van der Waals surface area contributed by atoms with Gasteiger partial charge in [0.25, 0.3) is 5.91 Å². The van der Waals surface area contributed by atoms with E-state index in [1.54, 1.807) is 23.0 Å². The smallest absolute Gasteiger partial charge is 0.260 e. The van der Waals surface area contributed by atoms with Gasteiger partial charge in [-0.3, -0.25) is 9.59 Å². The molecule has 27 heavy (non-hydrogen) atoms. The molecule has 8 nitrogen and oxygen atoms in total. The Morgan fingerprint density at radius 1 is 1.41 bits per heavy atom. The van der Waals surface area contributed by atoms with Crippen LogP contribution in [0.3, 0.4) is 0 Å². The minimum atomic E-state index is -0.239. The molecule has 2 amide bonds. The summed E-state index contributed by atoms with van der Waals surface area (Å²) in [6.45, 7) is 5.01. The van der Waals surface area contributed by atoms with Crippen molar-refractivity contribution in [1.29, 1.82) is 0 Å². The first-order chi connectivity index (χ1) is 13.0. The lowest BCUT2D eigenvalue weighted by atomic mass is 10.1. The van der Waals surface area contributed by atoms with Crippen LogP contribution < -0.4 is 21.3 Å². The van der Waals surface area contributed by atoms with E-state index in [4.69, 9.17) is 0 Å². The van der Waals surface area contributed by atoms with Gasteiger partial charge >= 0.3 is 0 Å².